The normalized spacial score (nSPS) is 15.6. The average Bonchev–Trinajstić information content (AvgIpc) is 2.78. The predicted octanol–water partition coefficient (Wildman–Crippen LogP) is 2.51. The van der Waals surface area contributed by atoms with E-state index in [1.165, 1.54) is 18.2 Å². The Kier molecular flexibility index (Phi) is 8.20. The molecule has 0 aromatic heterocycles. The zero-order chi connectivity index (χ0) is 24.9. The van der Waals surface area contributed by atoms with Crippen molar-refractivity contribution in [1.29, 1.82) is 0 Å². The number of carbonyl (C=O) groups excluding carboxylic acids is 4. The van der Waals surface area contributed by atoms with E-state index in [1.807, 2.05) is 0 Å². The van der Waals surface area contributed by atoms with Crippen molar-refractivity contribution in [3.63, 3.8) is 0 Å². The quantitative estimate of drug-likeness (QED) is 0.217. The molecule has 10 nitrogen and oxygen atoms in total. The molecule has 0 N–H and O–H groups in total. The first-order chi connectivity index (χ1) is 16.1. The van der Waals surface area contributed by atoms with Crippen molar-refractivity contribution in [3.05, 3.63) is 65.2 Å². The number of carbonyl (C=O) groups is 4. The summed E-state index contributed by atoms with van der Waals surface area (Å²) in [6.07, 6.45) is 0.435. The molecule has 0 bridgehead atoms. The zero-order valence-corrected chi connectivity index (χ0v) is 20.0. The highest BCUT2D eigenvalue weighted by atomic mass is 32.2. The molecular weight excluding hydrogens is 484 g/mol. The van der Waals surface area contributed by atoms with Crippen LogP contribution in [0.3, 0.4) is 0 Å². The number of benzene rings is 2. The summed E-state index contributed by atoms with van der Waals surface area (Å²) >= 11 is 0.339. The van der Waals surface area contributed by atoms with Gasteiger partial charge in [0.25, 0.3) is 10.0 Å². The minimum atomic E-state index is -4.45. The van der Waals surface area contributed by atoms with Gasteiger partial charge in [0.2, 0.25) is 0 Å². The van der Waals surface area contributed by atoms with Crippen LogP contribution in [0.2, 0.25) is 0 Å². The molecule has 1 atom stereocenters. The predicted molar refractivity (Wildman–Crippen MR) is 122 cm³/mol. The molecule has 0 unspecified atom stereocenters. The first kappa shape index (κ1) is 25.6. The maximum atomic E-state index is 13.8. The van der Waals surface area contributed by atoms with Gasteiger partial charge in [0.1, 0.15) is 18.9 Å². The lowest BCUT2D eigenvalue weighted by Crippen LogP contribution is -2.56. The van der Waals surface area contributed by atoms with Gasteiger partial charge in [0, 0.05) is 12.0 Å². The molecule has 180 valence electrons. The third kappa shape index (κ3) is 5.89. The first-order valence-electron chi connectivity index (χ1n) is 10.2. The Morgan fingerprint density at radius 2 is 1.94 bits per heavy atom. The van der Waals surface area contributed by atoms with Crippen LogP contribution in [0.15, 0.2) is 53.4 Å². The summed E-state index contributed by atoms with van der Waals surface area (Å²) in [5.74, 6) is -1.86. The van der Waals surface area contributed by atoms with E-state index < -0.39 is 39.8 Å². The molecule has 3 rings (SSSR count). The van der Waals surface area contributed by atoms with E-state index in [2.05, 4.69) is 4.74 Å². The minimum absolute atomic E-state index is 0.0315. The minimum Gasteiger partial charge on any atom is -0.465 e. The summed E-state index contributed by atoms with van der Waals surface area (Å²) in [6, 6.07) is 10.7. The Hall–Kier alpha value is -3.06. The smallest absolute Gasteiger partial charge is 0.391 e. The summed E-state index contributed by atoms with van der Waals surface area (Å²) in [5.41, 5.74) is 1.62. The molecule has 1 heterocycles. The van der Waals surface area contributed by atoms with Crippen molar-refractivity contribution >= 4 is 45.5 Å². The van der Waals surface area contributed by atoms with Gasteiger partial charge in [0.15, 0.2) is 0 Å². The van der Waals surface area contributed by atoms with Gasteiger partial charge in [0.05, 0.1) is 23.5 Å². The Balaban J connectivity index is 2.14. The number of nitrogens with zero attached hydrogens (tertiary/aromatic N) is 2. The average molecular weight is 507 g/mol. The number of esters is 2. The van der Waals surface area contributed by atoms with E-state index in [1.54, 1.807) is 44.2 Å². The van der Waals surface area contributed by atoms with Crippen LogP contribution in [0.4, 0.5) is 4.79 Å². The highest BCUT2D eigenvalue weighted by molar-refractivity contribution is 8.11. The van der Waals surface area contributed by atoms with Crippen LogP contribution in [0.25, 0.3) is 0 Å². The van der Waals surface area contributed by atoms with E-state index >= 15 is 0 Å². The van der Waals surface area contributed by atoms with E-state index in [-0.39, 0.29) is 17.9 Å². The number of ether oxygens (including phenoxy) is 2. The number of aryl methyl sites for hydroxylation is 1. The summed E-state index contributed by atoms with van der Waals surface area (Å²) < 4.78 is 38.8. The number of cyclic esters (lactones) is 2. The number of hydrazine groups is 1. The third-order valence-electron chi connectivity index (χ3n) is 4.77. The van der Waals surface area contributed by atoms with Gasteiger partial charge in [-0.05, 0) is 37.6 Å². The first-order valence-corrected chi connectivity index (χ1v) is 12.4. The fraction of sp³-hybridized carbons (Fsp3) is 0.273. The van der Waals surface area contributed by atoms with Crippen molar-refractivity contribution < 1.29 is 37.1 Å². The second-order valence-corrected chi connectivity index (χ2v) is 9.98. The van der Waals surface area contributed by atoms with Gasteiger partial charge in [-0.15, -0.1) is 8.83 Å². The molecule has 0 aliphatic carbocycles. The summed E-state index contributed by atoms with van der Waals surface area (Å²) in [6.45, 7) is 2.71. The zero-order valence-electron chi connectivity index (χ0n) is 18.4. The van der Waals surface area contributed by atoms with Gasteiger partial charge in [-0.2, -0.15) is 0 Å². The number of hydrogen-bond acceptors (Lipinski definition) is 10. The molecule has 0 spiro atoms. The Bertz CT molecular complexity index is 1180. The molecule has 34 heavy (non-hydrogen) atoms. The van der Waals surface area contributed by atoms with E-state index in [4.69, 9.17) is 4.74 Å². The van der Waals surface area contributed by atoms with Crippen LogP contribution in [0, 0.1) is 6.92 Å². The molecule has 1 saturated heterocycles. The lowest BCUT2D eigenvalue weighted by molar-refractivity contribution is -0.152. The largest absolute Gasteiger partial charge is 0.465 e. The lowest BCUT2D eigenvalue weighted by Gasteiger charge is -2.37. The van der Waals surface area contributed by atoms with Crippen LogP contribution in [-0.4, -0.2) is 60.0 Å². The molecular formula is C22H22N2O8S2. The van der Waals surface area contributed by atoms with Gasteiger partial charge in [-0.3, -0.25) is 14.4 Å². The lowest BCUT2D eigenvalue weighted by atomic mass is 10.0. The van der Waals surface area contributed by atoms with Crippen molar-refractivity contribution in [3.8, 4) is 0 Å². The Morgan fingerprint density at radius 3 is 2.56 bits per heavy atom. The highest BCUT2D eigenvalue weighted by Gasteiger charge is 2.45. The maximum Gasteiger partial charge on any atom is 0.391 e. The van der Waals surface area contributed by atoms with E-state index in [9.17, 15) is 27.6 Å². The van der Waals surface area contributed by atoms with Crippen LogP contribution in [0.5, 0.6) is 0 Å². The molecule has 1 fully saturated rings. The molecule has 2 aromatic carbocycles. The van der Waals surface area contributed by atoms with Crippen LogP contribution in [0.1, 0.15) is 28.4 Å². The van der Waals surface area contributed by atoms with Gasteiger partial charge < -0.3 is 9.47 Å². The molecule has 1 aliphatic heterocycles. The molecule has 12 heteroatoms. The molecule has 0 saturated carbocycles. The summed E-state index contributed by atoms with van der Waals surface area (Å²) in [7, 11) is -4.45. The van der Waals surface area contributed by atoms with Crippen molar-refractivity contribution in [2.45, 2.75) is 31.2 Å². The standard InChI is InChI=1S/C22H22N2O8S2/c1-3-31-21(27)19(12-16-5-4-6-17(11-16)14-25)24(23-13-20(26)32-22(28)33-23)34(29,30)18-9-7-15(2)8-10-18/h4-11,14,19H,3,12-13H2,1-2H3/t19-/m0/s1. The van der Waals surface area contributed by atoms with Crippen molar-refractivity contribution in [2.24, 2.45) is 0 Å². The van der Waals surface area contributed by atoms with Crippen molar-refractivity contribution in [1.82, 2.24) is 8.83 Å². The van der Waals surface area contributed by atoms with Gasteiger partial charge in [-0.1, -0.05) is 35.9 Å². The van der Waals surface area contributed by atoms with Crippen LogP contribution >= 0.6 is 11.9 Å². The fourth-order valence-electron chi connectivity index (χ4n) is 3.25. The Morgan fingerprint density at radius 1 is 1.24 bits per heavy atom. The fourth-order valence-corrected chi connectivity index (χ4v) is 5.77. The number of rotatable bonds is 9. The molecule has 2 aromatic rings. The number of sulfonamides is 1. The van der Waals surface area contributed by atoms with E-state index in [0.29, 0.717) is 33.8 Å². The third-order valence-corrected chi connectivity index (χ3v) is 7.43. The monoisotopic (exact) mass is 506 g/mol. The molecule has 0 amide bonds. The highest BCUT2D eigenvalue weighted by Crippen LogP contribution is 2.31. The second-order valence-electron chi connectivity index (χ2n) is 7.25. The molecule has 0 radical (unpaired) electrons. The SMILES string of the molecule is CCOC(=O)[C@H](Cc1cccc(C=O)c1)N(N1CC(=O)OC(=O)S1)S(=O)(=O)c1ccc(C)cc1. The van der Waals surface area contributed by atoms with Gasteiger partial charge in [-0.25, -0.2) is 13.2 Å². The summed E-state index contributed by atoms with van der Waals surface area (Å²) in [4.78, 5) is 48.0. The van der Waals surface area contributed by atoms with Crippen LogP contribution < -0.4 is 0 Å². The number of hydrogen-bond donors (Lipinski definition) is 0. The van der Waals surface area contributed by atoms with Crippen LogP contribution in [-0.2, 0) is 35.5 Å². The number of aldehydes is 1. The van der Waals surface area contributed by atoms with Gasteiger partial charge >= 0.3 is 17.2 Å². The van der Waals surface area contributed by atoms with Crippen molar-refractivity contribution in [2.75, 3.05) is 13.2 Å². The molecule has 1 aliphatic rings. The maximum absolute atomic E-state index is 13.8. The van der Waals surface area contributed by atoms with E-state index in [0.717, 1.165) is 9.98 Å². The second kappa shape index (κ2) is 10.9. The Labute approximate surface area is 201 Å². The topological polar surface area (TPSA) is 127 Å². The summed E-state index contributed by atoms with van der Waals surface area (Å²) in [5, 5.41) is -1.04.